The fourth-order valence-corrected chi connectivity index (χ4v) is 4.82. The maximum atomic E-state index is 12.8. The number of carbonyl (C=O) groups is 1. The van der Waals surface area contributed by atoms with Gasteiger partial charge in [0, 0.05) is 17.5 Å². The normalized spacial score (nSPS) is 31.9. The molecule has 1 saturated heterocycles. The summed E-state index contributed by atoms with van der Waals surface area (Å²) >= 11 is 0. The Morgan fingerprint density at radius 2 is 1.93 bits per heavy atom. The molecule has 1 aromatic rings. The SMILES string of the molecule is CC(C)[C@@H]1C[C@@H](OC(=O)c2ccc([N+](=O)[O-])cc2)C(C)(C)C2(CC[C@H](C)O2)C1. The molecule has 6 heteroatoms. The van der Waals surface area contributed by atoms with Crippen LogP contribution in [0.5, 0.6) is 0 Å². The van der Waals surface area contributed by atoms with E-state index in [1.807, 2.05) is 0 Å². The number of nitro groups is 1. The third-order valence-corrected chi connectivity index (χ3v) is 6.98. The van der Waals surface area contributed by atoms with Crippen molar-refractivity contribution in [2.45, 2.75) is 78.1 Å². The van der Waals surface area contributed by atoms with Gasteiger partial charge in [0.1, 0.15) is 6.10 Å². The van der Waals surface area contributed by atoms with E-state index < -0.39 is 10.9 Å². The maximum Gasteiger partial charge on any atom is 0.338 e. The zero-order valence-electron chi connectivity index (χ0n) is 17.4. The summed E-state index contributed by atoms with van der Waals surface area (Å²) in [6.07, 6.45) is 3.77. The predicted molar refractivity (Wildman–Crippen MR) is 106 cm³/mol. The van der Waals surface area contributed by atoms with E-state index in [2.05, 4.69) is 34.6 Å². The van der Waals surface area contributed by atoms with Crippen LogP contribution >= 0.6 is 0 Å². The highest BCUT2D eigenvalue weighted by Crippen LogP contribution is 2.56. The predicted octanol–water partition coefficient (Wildman–Crippen LogP) is 5.15. The van der Waals surface area contributed by atoms with E-state index >= 15 is 0 Å². The third-order valence-electron chi connectivity index (χ3n) is 6.98. The molecule has 1 aliphatic carbocycles. The Labute approximate surface area is 166 Å². The van der Waals surface area contributed by atoms with Gasteiger partial charge in [0.05, 0.1) is 22.2 Å². The van der Waals surface area contributed by atoms with Crippen LogP contribution in [0.25, 0.3) is 0 Å². The summed E-state index contributed by atoms with van der Waals surface area (Å²) in [5.74, 6) is 0.472. The number of esters is 1. The average Bonchev–Trinajstić information content (AvgIpc) is 3.01. The average molecular weight is 389 g/mol. The number of hydrogen-bond acceptors (Lipinski definition) is 5. The number of carbonyl (C=O) groups excluding carboxylic acids is 1. The largest absolute Gasteiger partial charge is 0.458 e. The van der Waals surface area contributed by atoms with Gasteiger partial charge in [-0.3, -0.25) is 10.1 Å². The summed E-state index contributed by atoms with van der Waals surface area (Å²) in [4.78, 5) is 23.1. The molecule has 1 heterocycles. The third kappa shape index (κ3) is 3.66. The summed E-state index contributed by atoms with van der Waals surface area (Å²) in [6.45, 7) is 10.8. The Balaban J connectivity index is 1.84. The van der Waals surface area contributed by atoms with Gasteiger partial charge in [-0.15, -0.1) is 0 Å². The molecule has 1 aliphatic heterocycles. The number of ether oxygens (including phenoxy) is 2. The lowest BCUT2D eigenvalue weighted by Crippen LogP contribution is -2.58. The quantitative estimate of drug-likeness (QED) is 0.404. The first-order chi connectivity index (χ1) is 13.1. The van der Waals surface area contributed by atoms with Crippen molar-refractivity contribution in [2.24, 2.45) is 17.3 Å². The van der Waals surface area contributed by atoms with Crippen molar-refractivity contribution in [3.8, 4) is 0 Å². The Morgan fingerprint density at radius 1 is 1.29 bits per heavy atom. The molecule has 1 saturated carbocycles. The number of non-ortho nitro benzene ring substituents is 1. The molecule has 0 radical (unpaired) electrons. The van der Waals surface area contributed by atoms with E-state index in [9.17, 15) is 14.9 Å². The Hall–Kier alpha value is -1.95. The zero-order chi connectivity index (χ0) is 20.7. The molecule has 2 aliphatic rings. The van der Waals surface area contributed by atoms with Gasteiger partial charge in [-0.05, 0) is 56.6 Å². The van der Waals surface area contributed by atoms with Crippen molar-refractivity contribution in [3.63, 3.8) is 0 Å². The molecule has 28 heavy (non-hydrogen) atoms. The zero-order valence-corrected chi connectivity index (χ0v) is 17.4. The summed E-state index contributed by atoms with van der Waals surface area (Å²) < 4.78 is 12.5. The van der Waals surface area contributed by atoms with Gasteiger partial charge in [-0.2, -0.15) is 0 Å². The van der Waals surface area contributed by atoms with Crippen molar-refractivity contribution in [1.29, 1.82) is 0 Å². The van der Waals surface area contributed by atoms with Crippen molar-refractivity contribution < 1.29 is 19.2 Å². The second-order valence-corrected chi connectivity index (χ2v) is 9.32. The highest BCUT2D eigenvalue weighted by molar-refractivity contribution is 5.89. The molecular weight excluding hydrogens is 358 g/mol. The summed E-state index contributed by atoms with van der Waals surface area (Å²) in [5.41, 5.74) is -0.288. The summed E-state index contributed by atoms with van der Waals surface area (Å²) in [6, 6.07) is 5.59. The lowest BCUT2D eigenvalue weighted by Gasteiger charge is -2.54. The van der Waals surface area contributed by atoms with Crippen LogP contribution in [0.3, 0.4) is 0 Å². The van der Waals surface area contributed by atoms with Crippen LogP contribution in [0, 0.1) is 27.4 Å². The molecule has 1 spiro atoms. The van der Waals surface area contributed by atoms with Crippen molar-refractivity contribution >= 4 is 11.7 Å². The molecule has 1 unspecified atom stereocenters. The van der Waals surface area contributed by atoms with Gasteiger partial charge in [0.2, 0.25) is 0 Å². The first-order valence-corrected chi connectivity index (χ1v) is 10.2. The molecule has 154 valence electrons. The van der Waals surface area contributed by atoms with Crippen molar-refractivity contribution in [1.82, 2.24) is 0 Å². The number of benzene rings is 1. The number of rotatable bonds is 4. The van der Waals surface area contributed by atoms with E-state index in [0.29, 0.717) is 17.4 Å². The number of nitrogens with zero attached hydrogens (tertiary/aromatic N) is 1. The lowest BCUT2D eigenvalue weighted by atomic mass is 9.58. The van der Waals surface area contributed by atoms with E-state index in [-0.39, 0.29) is 28.9 Å². The van der Waals surface area contributed by atoms with Crippen molar-refractivity contribution in [3.05, 3.63) is 39.9 Å². The van der Waals surface area contributed by atoms with E-state index in [1.54, 1.807) is 0 Å². The van der Waals surface area contributed by atoms with E-state index in [1.165, 1.54) is 24.3 Å². The van der Waals surface area contributed by atoms with Crippen LogP contribution in [0.15, 0.2) is 24.3 Å². The molecule has 0 aromatic heterocycles. The van der Waals surface area contributed by atoms with Gasteiger partial charge in [0.25, 0.3) is 5.69 Å². The minimum Gasteiger partial charge on any atom is -0.458 e. The molecule has 3 rings (SSSR count). The van der Waals surface area contributed by atoms with E-state index in [0.717, 1.165) is 25.7 Å². The van der Waals surface area contributed by atoms with Gasteiger partial charge in [-0.1, -0.05) is 27.7 Å². The number of nitro benzene ring substituents is 1. The van der Waals surface area contributed by atoms with Crippen LogP contribution in [0.1, 0.15) is 70.7 Å². The van der Waals surface area contributed by atoms with Crippen LogP contribution in [0.2, 0.25) is 0 Å². The first-order valence-electron chi connectivity index (χ1n) is 10.2. The Bertz CT molecular complexity index is 742. The molecule has 1 aromatic carbocycles. The monoisotopic (exact) mass is 389 g/mol. The second kappa shape index (κ2) is 7.47. The van der Waals surface area contributed by atoms with Crippen LogP contribution in [-0.4, -0.2) is 28.7 Å². The van der Waals surface area contributed by atoms with E-state index in [4.69, 9.17) is 9.47 Å². The minimum atomic E-state index is -0.477. The highest BCUT2D eigenvalue weighted by atomic mass is 16.6. The highest BCUT2D eigenvalue weighted by Gasteiger charge is 2.59. The molecule has 6 nitrogen and oxygen atoms in total. The Morgan fingerprint density at radius 3 is 2.43 bits per heavy atom. The molecule has 0 amide bonds. The second-order valence-electron chi connectivity index (χ2n) is 9.32. The first kappa shape index (κ1) is 20.8. The van der Waals surface area contributed by atoms with Crippen LogP contribution in [0.4, 0.5) is 5.69 Å². The Kier molecular flexibility index (Phi) is 5.54. The summed E-state index contributed by atoms with van der Waals surface area (Å²) in [5, 5.41) is 10.8. The smallest absolute Gasteiger partial charge is 0.338 e. The molecular formula is C22H31NO5. The molecule has 2 fully saturated rings. The van der Waals surface area contributed by atoms with Gasteiger partial charge >= 0.3 is 5.97 Å². The molecule has 4 atom stereocenters. The fourth-order valence-electron chi connectivity index (χ4n) is 4.82. The number of hydrogen-bond donors (Lipinski definition) is 0. The maximum absolute atomic E-state index is 12.8. The topological polar surface area (TPSA) is 78.7 Å². The van der Waals surface area contributed by atoms with Crippen LogP contribution < -0.4 is 0 Å². The van der Waals surface area contributed by atoms with Gasteiger partial charge in [0.15, 0.2) is 0 Å². The van der Waals surface area contributed by atoms with Gasteiger partial charge < -0.3 is 9.47 Å². The minimum absolute atomic E-state index is 0.0401. The fraction of sp³-hybridized carbons (Fsp3) is 0.682. The van der Waals surface area contributed by atoms with Crippen LogP contribution in [-0.2, 0) is 9.47 Å². The standard InChI is InChI=1S/C22H31NO5/c1-14(2)17-12-19(21(4,5)22(13-17)11-10-15(3)28-22)27-20(24)16-6-8-18(9-7-16)23(25)26/h6-9,14-15,17,19H,10-13H2,1-5H3/t15-,17+,19+,22?/m0/s1. The molecule has 0 N–H and O–H groups in total. The lowest BCUT2D eigenvalue weighted by molar-refractivity contribution is -0.384. The van der Waals surface area contributed by atoms with Gasteiger partial charge in [-0.25, -0.2) is 4.79 Å². The summed E-state index contributed by atoms with van der Waals surface area (Å²) in [7, 11) is 0. The van der Waals surface area contributed by atoms with Crippen molar-refractivity contribution in [2.75, 3.05) is 0 Å². The molecule has 0 bridgehead atoms.